The maximum absolute atomic E-state index is 12.1. The van der Waals surface area contributed by atoms with Gasteiger partial charge in [0, 0.05) is 6.54 Å². The molecular formula is C18H26N2O6. The molecule has 0 aliphatic rings. The number of imide groups is 1. The average molecular weight is 366 g/mol. The Morgan fingerprint density at radius 2 is 1.77 bits per heavy atom. The van der Waals surface area contributed by atoms with Crippen LogP contribution in [0.5, 0.6) is 11.5 Å². The summed E-state index contributed by atoms with van der Waals surface area (Å²) < 4.78 is 16.0. The smallest absolute Gasteiger partial charge is 0.338 e. The van der Waals surface area contributed by atoms with Gasteiger partial charge in [-0.2, -0.15) is 0 Å². The zero-order valence-electron chi connectivity index (χ0n) is 15.4. The van der Waals surface area contributed by atoms with Crippen LogP contribution in [0.3, 0.4) is 0 Å². The molecule has 0 fully saturated rings. The van der Waals surface area contributed by atoms with E-state index < -0.39 is 24.5 Å². The maximum Gasteiger partial charge on any atom is 0.338 e. The molecule has 0 atom stereocenters. The highest BCUT2D eigenvalue weighted by molar-refractivity contribution is 5.97. The first-order valence-electron chi connectivity index (χ1n) is 8.66. The number of benzene rings is 1. The van der Waals surface area contributed by atoms with Crippen molar-refractivity contribution in [2.45, 2.75) is 33.6 Å². The van der Waals surface area contributed by atoms with Crippen molar-refractivity contribution < 1.29 is 28.6 Å². The number of rotatable bonds is 10. The van der Waals surface area contributed by atoms with Gasteiger partial charge in [0.2, 0.25) is 0 Å². The van der Waals surface area contributed by atoms with Crippen LogP contribution in [0.25, 0.3) is 0 Å². The van der Waals surface area contributed by atoms with Crippen LogP contribution in [0.15, 0.2) is 18.2 Å². The van der Waals surface area contributed by atoms with Crippen LogP contribution in [0.2, 0.25) is 0 Å². The molecule has 2 N–H and O–H groups in total. The molecule has 0 heterocycles. The fraction of sp³-hybridized carbons (Fsp3) is 0.500. The van der Waals surface area contributed by atoms with E-state index in [0.717, 1.165) is 12.8 Å². The molecule has 1 aromatic carbocycles. The monoisotopic (exact) mass is 366 g/mol. The van der Waals surface area contributed by atoms with Gasteiger partial charge >= 0.3 is 12.0 Å². The van der Waals surface area contributed by atoms with E-state index in [4.69, 9.17) is 14.2 Å². The second kappa shape index (κ2) is 11.7. The lowest BCUT2D eigenvalue weighted by Gasteiger charge is -2.12. The van der Waals surface area contributed by atoms with E-state index in [2.05, 4.69) is 10.6 Å². The zero-order valence-corrected chi connectivity index (χ0v) is 15.4. The van der Waals surface area contributed by atoms with Crippen LogP contribution in [0.4, 0.5) is 4.79 Å². The Labute approximate surface area is 153 Å². The summed E-state index contributed by atoms with van der Waals surface area (Å²) >= 11 is 0. The normalized spacial score (nSPS) is 9.96. The predicted molar refractivity (Wildman–Crippen MR) is 95.5 cm³/mol. The number of hydrogen-bond donors (Lipinski definition) is 2. The average Bonchev–Trinajstić information content (AvgIpc) is 2.63. The molecular weight excluding hydrogens is 340 g/mol. The van der Waals surface area contributed by atoms with Gasteiger partial charge in [0.25, 0.3) is 5.91 Å². The van der Waals surface area contributed by atoms with Crippen LogP contribution >= 0.6 is 0 Å². The van der Waals surface area contributed by atoms with Crippen molar-refractivity contribution in [1.82, 2.24) is 10.6 Å². The molecule has 26 heavy (non-hydrogen) atoms. The minimum Gasteiger partial charge on any atom is -0.490 e. The molecule has 8 heteroatoms. The van der Waals surface area contributed by atoms with E-state index in [1.165, 1.54) is 12.1 Å². The summed E-state index contributed by atoms with van der Waals surface area (Å²) in [4.78, 5) is 35.0. The van der Waals surface area contributed by atoms with Crippen molar-refractivity contribution in [1.29, 1.82) is 0 Å². The minimum absolute atomic E-state index is 0.223. The van der Waals surface area contributed by atoms with Crippen molar-refractivity contribution in [2.75, 3.05) is 26.4 Å². The van der Waals surface area contributed by atoms with Crippen LogP contribution < -0.4 is 20.1 Å². The van der Waals surface area contributed by atoms with Crippen LogP contribution in [-0.2, 0) is 9.53 Å². The summed E-state index contributed by atoms with van der Waals surface area (Å²) in [5.41, 5.74) is 0.223. The van der Waals surface area contributed by atoms with Gasteiger partial charge in [-0.25, -0.2) is 9.59 Å². The molecule has 0 aromatic heterocycles. The summed E-state index contributed by atoms with van der Waals surface area (Å²) in [5, 5.41) is 4.56. The highest BCUT2D eigenvalue weighted by Gasteiger charge is 2.15. The molecule has 8 nitrogen and oxygen atoms in total. The standard InChI is InChI=1S/C18H26N2O6/c1-4-9-19-18(23)20-16(21)12-26-17(22)13-7-8-14(25-10-5-2)15(11-13)24-6-3/h7-8,11H,4-6,9-10,12H2,1-3H3,(H2,19,20,21,23). The highest BCUT2D eigenvalue weighted by atomic mass is 16.5. The number of carbonyl (C=O) groups is 3. The Hall–Kier alpha value is -2.77. The van der Waals surface area contributed by atoms with Gasteiger partial charge in [-0.05, 0) is 38.0 Å². The summed E-state index contributed by atoms with van der Waals surface area (Å²) in [7, 11) is 0. The Morgan fingerprint density at radius 1 is 1.00 bits per heavy atom. The van der Waals surface area contributed by atoms with Gasteiger partial charge in [0.15, 0.2) is 18.1 Å². The second-order valence-corrected chi connectivity index (χ2v) is 5.32. The Kier molecular flexibility index (Phi) is 9.59. The Morgan fingerprint density at radius 3 is 2.42 bits per heavy atom. The van der Waals surface area contributed by atoms with Crippen molar-refractivity contribution in [3.8, 4) is 11.5 Å². The van der Waals surface area contributed by atoms with Gasteiger partial charge in [-0.1, -0.05) is 13.8 Å². The third-order valence-corrected chi connectivity index (χ3v) is 3.06. The summed E-state index contributed by atoms with van der Waals surface area (Å²) in [6.07, 6.45) is 1.59. The first-order chi connectivity index (χ1) is 12.5. The Balaban J connectivity index is 2.62. The quantitative estimate of drug-likeness (QED) is 0.616. The van der Waals surface area contributed by atoms with E-state index in [9.17, 15) is 14.4 Å². The number of urea groups is 1. The first kappa shape index (κ1) is 21.3. The van der Waals surface area contributed by atoms with Crippen molar-refractivity contribution in [3.05, 3.63) is 23.8 Å². The number of hydrogen-bond acceptors (Lipinski definition) is 6. The van der Waals surface area contributed by atoms with Gasteiger partial charge < -0.3 is 19.5 Å². The van der Waals surface area contributed by atoms with Gasteiger partial charge in [0.1, 0.15) is 0 Å². The molecule has 0 aliphatic carbocycles. The van der Waals surface area contributed by atoms with E-state index >= 15 is 0 Å². The first-order valence-corrected chi connectivity index (χ1v) is 8.66. The molecule has 0 radical (unpaired) electrons. The minimum atomic E-state index is -0.708. The summed E-state index contributed by atoms with van der Waals surface area (Å²) in [6, 6.07) is 4.03. The fourth-order valence-corrected chi connectivity index (χ4v) is 1.89. The van der Waals surface area contributed by atoms with Crippen LogP contribution in [0, 0.1) is 0 Å². The molecule has 144 valence electrons. The number of carbonyl (C=O) groups excluding carboxylic acids is 3. The lowest BCUT2D eigenvalue weighted by molar-refractivity contribution is -0.123. The molecule has 0 saturated heterocycles. The number of nitrogens with one attached hydrogen (secondary N) is 2. The largest absolute Gasteiger partial charge is 0.490 e. The van der Waals surface area contributed by atoms with Gasteiger partial charge in [-0.3, -0.25) is 10.1 Å². The molecule has 0 bridgehead atoms. The molecule has 0 saturated carbocycles. The van der Waals surface area contributed by atoms with Crippen molar-refractivity contribution in [2.24, 2.45) is 0 Å². The van der Waals surface area contributed by atoms with Gasteiger partial charge in [0.05, 0.1) is 18.8 Å². The molecule has 1 rings (SSSR count). The lowest BCUT2D eigenvalue weighted by atomic mass is 10.2. The van der Waals surface area contributed by atoms with Crippen LogP contribution in [-0.4, -0.2) is 44.3 Å². The SMILES string of the molecule is CCCNC(=O)NC(=O)COC(=O)c1ccc(OCCC)c(OCC)c1. The van der Waals surface area contributed by atoms with E-state index in [-0.39, 0.29) is 5.56 Å². The molecule has 0 unspecified atom stereocenters. The lowest BCUT2D eigenvalue weighted by Crippen LogP contribution is -2.41. The zero-order chi connectivity index (χ0) is 19.4. The third kappa shape index (κ3) is 7.42. The van der Waals surface area contributed by atoms with E-state index in [1.807, 2.05) is 20.8 Å². The number of amides is 3. The van der Waals surface area contributed by atoms with Crippen LogP contribution in [0.1, 0.15) is 44.0 Å². The van der Waals surface area contributed by atoms with Crippen molar-refractivity contribution in [3.63, 3.8) is 0 Å². The highest BCUT2D eigenvalue weighted by Crippen LogP contribution is 2.29. The third-order valence-electron chi connectivity index (χ3n) is 3.06. The summed E-state index contributed by atoms with van der Waals surface area (Å²) in [6.45, 7) is 6.53. The topological polar surface area (TPSA) is 103 Å². The summed E-state index contributed by atoms with van der Waals surface area (Å²) in [5.74, 6) is -0.439. The number of ether oxygens (including phenoxy) is 3. The maximum atomic E-state index is 12.1. The van der Waals surface area contributed by atoms with E-state index in [1.54, 1.807) is 6.07 Å². The fourth-order valence-electron chi connectivity index (χ4n) is 1.89. The molecule has 0 spiro atoms. The molecule has 0 aliphatic heterocycles. The number of esters is 1. The van der Waals surface area contributed by atoms with Gasteiger partial charge in [-0.15, -0.1) is 0 Å². The second-order valence-electron chi connectivity index (χ2n) is 5.32. The van der Waals surface area contributed by atoms with E-state index in [0.29, 0.717) is 31.3 Å². The molecule has 3 amide bonds. The van der Waals surface area contributed by atoms with Crippen molar-refractivity contribution >= 4 is 17.9 Å². The predicted octanol–water partition coefficient (Wildman–Crippen LogP) is 2.27. The Bertz CT molecular complexity index is 618. The molecule has 1 aromatic rings.